The Kier molecular flexibility index (Phi) is 7.16. The highest BCUT2D eigenvalue weighted by Gasteiger charge is 2.43. The van der Waals surface area contributed by atoms with Crippen molar-refractivity contribution in [3.63, 3.8) is 0 Å². The van der Waals surface area contributed by atoms with Gasteiger partial charge in [-0.2, -0.15) is 13.2 Å². The Bertz CT molecular complexity index is 1420. The number of amides is 2. The summed E-state index contributed by atoms with van der Waals surface area (Å²) in [6.07, 6.45) is -5.07. The molecule has 3 aromatic rings. The van der Waals surface area contributed by atoms with Crippen molar-refractivity contribution in [3.8, 4) is 11.1 Å². The molecule has 39 heavy (non-hydrogen) atoms. The van der Waals surface area contributed by atoms with Gasteiger partial charge in [-0.15, -0.1) is 0 Å². The fourth-order valence-electron chi connectivity index (χ4n) is 5.36. The third kappa shape index (κ3) is 5.97. The maximum atomic E-state index is 12.9. The van der Waals surface area contributed by atoms with Gasteiger partial charge in [-0.1, -0.05) is 54.6 Å². The first-order valence-electron chi connectivity index (χ1n) is 12.8. The lowest BCUT2D eigenvalue weighted by Gasteiger charge is -2.32. The summed E-state index contributed by atoms with van der Waals surface area (Å²) in [5.74, 6) is -2.12. The van der Waals surface area contributed by atoms with Gasteiger partial charge in [0.1, 0.15) is 6.42 Å². The number of aromatic carboxylic acids is 1. The van der Waals surface area contributed by atoms with Crippen molar-refractivity contribution in [2.45, 2.75) is 44.4 Å². The third-order valence-electron chi connectivity index (χ3n) is 7.44. The summed E-state index contributed by atoms with van der Waals surface area (Å²) in [6.45, 7) is 0.276. The number of carbonyl (C=O) groups is 3. The summed E-state index contributed by atoms with van der Waals surface area (Å²) in [5.41, 5.74) is 4.91. The van der Waals surface area contributed by atoms with Crippen molar-refractivity contribution in [1.29, 1.82) is 0 Å². The molecule has 1 saturated carbocycles. The van der Waals surface area contributed by atoms with E-state index in [4.69, 9.17) is 0 Å². The Morgan fingerprint density at radius 2 is 1.74 bits per heavy atom. The lowest BCUT2D eigenvalue weighted by Crippen LogP contribution is -2.39. The second-order valence-corrected chi connectivity index (χ2v) is 10.0. The molecule has 1 aliphatic heterocycles. The minimum atomic E-state index is -4.60. The summed E-state index contributed by atoms with van der Waals surface area (Å²) in [6, 6.07) is 19.9. The number of rotatable bonds is 7. The zero-order valence-electron chi connectivity index (χ0n) is 21.0. The molecule has 2 amide bonds. The van der Waals surface area contributed by atoms with Gasteiger partial charge in [0.05, 0.1) is 5.56 Å². The number of benzene rings is 3. The van der Waals surface area contributed by atoms with Gasteiger partial charge < -0.3 is 15.3 Å². The molecule has 6 nitrogen and oxygen atoms in total. The van der Waals surface area contributed by atoms with Gasteiger partial charge in [-0.05, 0) is 64.3 Å². The van der Waals surface area contributed by atoms with Crippen LogP contribution in [0.4, 0.5) is 13.2 Å². The molecule has 1 heterocycles. The summed E-state index contributed by atoms with van der Waals surface area (Å²) in [7, 11) is 0. The van der Waals surface area contributed by atoms with Crippen molar-refractivity contribution in [1.82, 2.24) is 10.2 Å². The number of nitrogens with zero attached hydrogens (tertiary/aromatic N) is 1. The SMILES string of the molecule is O=C(O)c1cccc(-c2ccc(CNC(=O)[C@@H]3C[C@H]3c3ccccc3)c3c2CCN(C(=O)CC(F)(F)F)C3)c1. The normalized spacial score (nSPS) is 18.3. The largest absolute Gasteiger partial charge is 0.478 e. The molecule has 0 radical (unpaired) electrons. The fraction of sp³-hybridized carbons (Fsp3) is 0.300. The number of alkyl halides is 3. The first-order chi connectivity index (χ1) is 18.6. The Balaban J connectivity index is 1.40. The number of carboxylic acids is 1. The highest BCUT2D eigenvalue weighted by Crippen LogP contribution is 2.47. The van der Waals surface area contributed by atoms with Crippen molar-refractivity contribution in [2.24, 2.45) is 5.92 Å². The second kappa shape index (κ2) is 10.6. The molecular formula is C30H27F3N2O4. The minimum Gasteiger partial charge on any atom is -0.478 e. The number of carboxylic acid groups (broad SMARTS) is 1. The molecule has 1 fully saturated rings. The summed E-state index contributed by atoms with van der Waals surface area (Å²) >= 11 is 0. The lowest BCUT2D eigenvalue weighted by atomic mass is 9.87. The van der Waals surface area contributed by atoms with Gasteiger partial charge in [0.2, 0.25) is 11.8 Å². The second-order valence-electron chi connectivity index (χ2n) is 10.0. The highest BCUT2D eigenvalue weighted by molar-refractivity contribution is 5.90. The zero-order valence-corrected chi connectivity index (χ0v) is 21.0. The van der Waals surface area contributed by atoms with Crippen LogP contribution in [0.25, 0.3) is 11.1 Å². The van der Waals surface area contributed by atoms with Crippen LogP contribution in [-0.4, -0.2) is 40.5 Å². The average Bonchev–Trinajstić information content (AvgIpc) is 3.72. The molecule has 2 aliphatic rings. The van der Waals surface area contributed by atoms with E-state index in [1.807, 2.05) is 36.4 Å². The Labute approximate surface area is 223 Å². The average molecular weight is 537 g/mol. The maximum absolute atomic E-state index is 12.9. The van der Waals surface area contributed by atoms with Crippen LogP contribution in [0.2, 0.25) is 0 Å². The summed E-state index contributed by atoms with van der Waals surface area (Å²) in [5, 5.41) is 12.4. The molecule has 9 heteroatoms. The minimum absolute atomic E-state index is 0.0159. The predicted octanol–water partition coefficient (Wildman–Crippen LogP) is 5.31. The number of carbonyl (C=O) groups excluding carboxylic acids is 2. The van der Waals surface area contributed by atoms with Crippen molar-refractivity contribution in [2.75, 3.05) is 6.54 Å². The first kappa shape index (κ1) is 26.5. The zero-order chi connectivity index (χ0) is 27.7. The quantitative estimate of drug-likeness (QED) is 0.429. The van der Waals surface area contributed by atoms with E-state index in [-0.39, 0.29) is 42.9 Å². The number of fused-ring (bicyclic) bond motifs is 1. The number of hydrogen-bond donors (Lipinski definition) is 2. The van der Waals surface area contributed by atoms with Crippen LogP contribution >= 0.6 is 0 Å². The third-order valence-corrected chi connectivity index (χ3v) is 7.44. The van der Waals surface area contributed by atoms with Crippen molar-refractivity contribution in [3.05, 3.63) is 94.5 Å². The standard InChI is InChI=1S/C30H27F3N2O4/c31-30(32,33)15-27(36)35-12-11-23-22(19-7-4-8-20(13-19)29(38)39)10-9-21(26(23)17-35)16-34-28(37)25-14-24(25)18-5-2-1-3-6-18/h1-10,13,24-25H,11-12,14-17H2,(H,34,37)(H,38,39)/t24-,25+/m0/s1. The molecular weight excluding hydrogens is 509 g/mol. The van der Waals surface area contributed by atoms with Crippen LogP contribution in [0.15, 0.2) is 66.7 Å². The number of halogens is 3. The molecule has 0 bridgehead atoms. The van der Waals surface area contributed by atoms with E-state index in [9.17, 15) is 32.7 Å². The molecule has 202 valence electrons. The van der Waals surface area contributed by atoms with Gasteiger partial charge >= 0.3 is 12.1 Å². The molecule has 5 rings (SSSR count). The summed E-state index contributed by atoms with van der Waals surface area (Å²) < 4.78 is 38.8. The van der Waals surface area contributed by atoms with E-state index >= 15 is 0 Å². The van der Waals surface area contributed by atoms with Crippen LogP contribution in [0.1, 0.15) is 51.4 Å². The molecule has 3 aromatic carbocycles. The van der Waals surface area contributed by atoms with Crippen LogP contribution in [0, 0.1) is 5.92 Å². The van der Waals surface area contributed by atoms with E-state index in [0.29, 0.717) is 17.5 Å². The van der Waals surface area contributed by atoms with Crippen LogP contribution in [0.3, 0.4) is 0 Å². The lowest BCUT2D eigenvalue weighted by molar-refractivity contribution is -0.162. The smallest absolute Gasteiger partial charge is 0.397 e. The molecule has 2 atom stereocenters. The van der Waals surface area contributed by atoms with E-state index in [1.165, 1.54) is 11.0 Å². The van der Waals surface area contributed by atoms with Gasteiger partial charge in [0.15, 0.2) is 0 Å². The van der Waals surface area contributed by atoms with Crippen molar-refractivity contribution < 1.29 is 32.7 Å². The number of nitrogens with one attached hydrogen (secondary N) is 1. The van der Waals surface area contributed by atoms with Gasteiger partial charge in [-0.25, -0.2) is 4.79 Å². The molecule has 0 aromatic heterocycles. The molecule has 0 unspecified atom stereocenters. The van der Waals surface area contributed by atoms with Gasteiger partial charge in [-0.3, -0.25) is 9.59 Å². The summed E-state index contributed by atoms with van der Waals surface area (Å²) in [4.78, 5) is 38.0. The molecule has 0 saturated heterocycles. The van der Waals surface area contributed by atoms with Crippen molar-refractivity contribution >= 4 is 17.8 Å². The van der Waals surface area contributed by atoms with Crippen LogP contribution in [0.5, 0.6) is 0 Å². The monoisotopic (exact) mass is 536 g/mol. The van der Waals surface area contributed by atoms with Gasteiger partial charge in [0.25, 0.3) is 0 Å². The molecule has 1 aliphatic carbocycles. The van der Waals surface area contributed by atoms with Gasteiger partial charge in [0, 0.05) is 25.6 Å². The fourth-order valence-corrected chi connectivity index (χ4v) is 5.36. The number of hydrogen-bond acceptors (Lipinski definition) is 3. The van der Waals surface area contributed by atoms with E-state index in [1.54, 1.807) is 24.3 Å². The molecule has 0 spiro atoms. The van der Waals surface area contributed by atoms with Crippen LogP contribution in [-0.2, 0) is 29.1 Å². The Hall–Kier alpha value is -4.14. The topological polar surface area (TPSA) is 86.7 Å². The van der Waals surface area contributed by atoms with E-state index in [2.05, 4.69) is 5.32 Å². The maximum Gasteiger partial charge on any atom is 0.397 e. The predicted molar refractivity (Wildman–Crippen MR) is 138 cm³/mol. The Morgan fingerprint density at radius 1 is 0.974 bits per heavy atom. The van der Waals surface area contributed by atoms with E-state index in [0.717, 1.165) is 28.7 Å². The first-order valence-corrected chi connectivity index (χ1v) is 12.8. The molecule has 2 N–H and O–H groups in total. The van der Waals surface area contributed by atoms with E-state index < -0.39 is 24.5 Å². The van der Waals surface area contributed by atoms with Crippen LogP contribution < -0.4 is 5.32 Å². The Morgan fingerprint density at radius 3 is 2.46 bits per heavy atom. The highest BCUT2D eigenvalue weighted by atomic mass is 19.4.